The molecule has 0 fully saturated rings. The van der Waals surface area contributed by atoms with Crippen molar-refractivity contribution >= 4 is 17.6 Å². The molecule has 1 atom stereocenters. The Kier molecular flexibility index (Phi) is 7.00. The van der Waals surface area contributed by atoms with E-state index in [2.05, 4.69) is 22.2 Å². The molecule has 5 heteroatoms. The minimum absolute atomic E-state index is 0.286. The maximum atomic E-state index is 10.0. The van der Waals surface area contributed by atoms with Crippen LogP contribution in [0.2, 0.25) is 5.02 Å². The first-order chi connectivity index (χ1) is 9.17. The molecule has 0 amide bonds. The fourth-order valence-corrected chi connectivity index (χ4v) is 1.60. The van der Waals surface area contributed by atoms with Gasteiger partial charge in [-0.05, 0) is 24.6 Å². The molecule has 0 radical (unpaired) electrons. The van der Waals surface area contributed by atoms with Crippen molar-refractivity contribution in [1.82, 2.24) is 10.6 Å². The maximum Gasteiger partial charge on any atom is 0.191 e. The van der Waals surface area contributed by atoms with Gasteiger partial charge in [0.05, 0.1) is 12.6 Å². The van der Waals surface area contributed by atoms with Gasteiger partial charge in [-0.25, -0.2) is 0 Å². The third kappa shape index (κ3) is 5.77. The Bertz CT molecular complexity index is 417. The molecule has 0 aliphatic heterocycles. The van der Waals surface area contributed by atoms with E-state index in [1.165, 1.54) is 0 Å². The first kappa shape index (κ1) is 15.5. The Labute approximate surface area is 119 Å². The topological polar surface area (TPSA) is 56.7 Å². The van der Waals surface area contributed by atoms with Gasteiger partial charge in [0.25, 0.3) is 0 Å². The highest BCUT2D eigenvalue weighted by molar-refractivity contribution is 6.30. The molecule has 0 spiro atoms. The van der Waals surface area contributed by atoms with Crippen molar-refractivity contribution in [2.24, 2.45) is 4.99 Å². The third-order valence-corrected chi connectivity index (χ3v) is 2.69. The summed E-state index contributed by atoms with van der Waals surface area (Å²) in [5, 5.41) is 16.8. The van der Waals surface area contributed by atoms with Gasteiger partial charge in [0.15, 0.2) is 5.96 Å². The summed E-state index contributed by atoms with van der Waals surface area (Å²) in [6.45, 7) is 7.30. The van der Waals surface area contributed by atoms with E-state index in [0.717, 1.165) is 12.1 Å². The minimum atomic E-state index is -0.642. The van der Waals surface area contributed by atoms with E-state index < -0.39 is 6.10 Å². The van der Waals surface area contributed by atoms with Gasteiger partial charge in [0, 0.05) is 18.1 Å². The number of nitrogens with zero attached hydrogens (tertiary/aromatic N) is 1. The zero-order chi connectivity index (χ0) is 14.1. The maximum absolute atomic E-state index is 10.0. The van der Waals surface area contributed by atoms with Gasteiger partial charge in [-0.2, -0.15) is 0 Å². The van der Waals surface area contributed by atoms with Gasteiger partial charge in [0.2, 0.25) is 0 Å². The Morgan fingerprint density at radius 3 is 2.68 bits per heavy atom. The largest absolute Gasteiger partial charge is 0.386 e. The average molecular weight is 282 g/mol. The number of hydrogen-bond donors (Lipinski definition) is 3. The average Bonchev–Trinajstić information content (AvgIpc) is 2.42. The summed E-state index contributed by atoms with van der Waals surface area (Å²) in [5.41, 5.74) is 0.799. The number of aliphatic imine (C=N–C) groups is 1. The summed E-state index contributed by atoms with van der Waals surface area (Å²) in [7, 11) is 0. The number of aliphatic hydroxyl groups excluding tert-OH is 1. The van der Waals surface area contributed by atoms with Crippen LogP contribution in [0.4, 0.5) is 0 Å². The van der Waals surface area contributed by atoms with Gasteiger partial charge < -0.3 is 15.7 Å². The second-order valence-corrected chi connectivity index (χ2v) is 4.39. The fraction of sp³-hybridized carbons (Fsp3) is 0.357. The van der Waals surface area contributed by atoms with Crippen LogP contribution in [-0.4, -0.2) is 30.7 Å². The summed E-state index contributed by atoms with van der Waals surface area (Å²) in [4.78, 5) is 4.31. The number of rotatable bonds is 6. The van der Waals surface area contributed by atoms with E-state index in [9.17, 15) is 5.11 Å². The molecule has 0 aromatic heterocycles. The summed E-state index contributed by atoms with van der Waals surface area (Å²) < 4.78 is 0. The molecule has 0 bridgehead atoms. The lowest BCUT2D eigenvalue weighted by atomic mass is 10.1. The van der Waals surface area contributed by atoms with Gasteiger partial charge in [-0.15, -0.1) is 6.58 Å². The van der Waals surface area contributed by atoms with Crippen molar-refractivity contribution in [3.8, 4) is 0 Å². The van der Waals surface area contributed by atoms with Crippen LogP contribution in [0.15, 0.2) is 41.9 Å². The fourth-order valence-electron chi connectivity index (χ4n) is 1.48. The van der Waals surface area contributed by atoms with E-state index in [0.29, 0.717) is 17.5 Å². The standard InChI is InChI=1S/C14H20ClN3O/c1-3-9-17-14(16-4-2)18-10-13(19)11-5-7-12(15)8-6-11/h3,5-8,13,19H,1,4,9-10H2,2H3,(H2,16,17,18). The van der Waals surface area contributed by atoms with Crippen molar-refractivity contribution in [1.29, 1.82) is 0 Å². The van der Waals surface area contributed by atoms with Crippen molar-refractivity contribution < 1.29 is 5.11 Å². The van der Waals surface area contributed by atoms with E-state index in [-0.39, 0.29) is 6.54 Å². The Balaban J connectivity index is 2.60. The van der Waals surface area contributed by atoms with Gasteiger partial charge in [-0.1, -0.05) is 29.8 Å². The highest BCUT2D eigenvalue weighted by atomic mass is 35.5. The second-order valence-electron chi connectivity index (χ2n) is 3.96. The lowest BCUT2D eigenvalue weighted by Crippen LogP contribution is -2.37. The molecule has 1 aromatic rings. The molecule has 0 aliphatic rings. The molecule has 1 rings (SSSR count). The van der Waals surface area contributed by atoms with Crippen LogP contribution in [0, 0.1) is 0 Å². The predicted molar refractivity (Wildman–Crippen MR) is 80.6 cm³/mol. The van der Waals surface area contributed by atoms with Gasteiger partial charge in [0.1, 0.15) is 0 Å². The quantitative estimate of drug-likeness (QED) is 0.425. The molecule has 4 nitrogen and oxygen atoms in total. The first-order valence-corrected chi connectivity index (χ1v) is 6.61. The molecule has 3 N–H and O–H groups in total. The molecule has 1 unspecified atom stereocenters. The number of hydrogen-bond acceptors (Lipinski definition) is 2. The number of guanidine groups is 1. The first-order valence-electron chi connectivity index (χ1n) is 6.24. The molecule has 0 aliphatic carbocycles. The zero-order valence-electron chi connectivity index (χ0n) is 11.1. The lowest BCUT2D eigenvalue weighted by molar-refractivity contribution is 0.187. The van der Waals surface area contributed by atoms with Crippen LogP contribution in [0.3, 0.4) is 0 Å². The zero-order valence-corrected chi connectivity index (χ0v) is 11.8. The normalized spacial score (nSPS) is 12.9. The molecular weight excluding hydrogens is 262 g/mol. The summed E-state index contributed by atoms with van der Waals surface area (Å²) in [5.74, 6) is 0.662. The molecule has 19 heavy (non-hydrogen) atoms. The van der Waals surface area contributed by atoms with Crippen LogP contribution in [-0.2, 0) is 0 Å². The third-order valence-electron chi connectivity index (χ3n) is 2.44. The molecular formula is C14H20ClN3O. The van der Waals surface area contributed by atoms with E-state index >= 15 is 0 Å². The van der Waals surface area contributed by atoms with E-state index in [4.69, 9.17) is 11.6 Å². The number of aliphatic hydroxyl groups is 1. The molecule has 0 heterocycles. The second kappa shape index (κ2) is 8.56. The lowest BCUT2D eigenvalue weighted by Gasteiger charge is -2.12. The minimum Gasteiger partial charge on any atom is -0.386 e. The van der Waals surface area contributed by atoms with E-state index in [1.54, 1.807) is 30.3 Å². The van der Waals surface area contributed by atoms with E-state index in [1.807, 2.05) is 6.92 Å². The molecule has 0 saturated carbocycles. The van der Waals surface area contributed by atoms with Gasteiger partial charge in [-0.3, -0.25) is 4.99 Å². The SMILES string of the molecule is C=CCNC(=NCC(O)c1ccc(Cl)cc1)NCC. The highest BCUT2D eigenvalue weighted by Gasteiger charge is 2.07. The highest BCUT2D eigenvalue weighted by Crippen LogP contribution is 2.16. The smallest absolute Gasteiger partial charge is 0.191 e. The molecule has 104 valence electrons. The predicted octanol–water partition coefficient (Wildman–Crippen LogP) is 2.11. The Hall–Kier alpha value is -1.52. The number of benzene rings is 1. The Morgan fingerprint density at radius 2 is 2.11 bits per heavy atom. The van der Waals surface area contributed by atoms with Crippen LogP contribution >= 0.6 is 11.6 Å². The number of halogens is 1. The van der Waals surface area contributed by atoms with Crippen LogP contribution in [0.5, 0.6) is 0 Å². The van der Waals surface area contributed by atoms with Crippen molar-refractivity contribution in [3.05, 3.63) is 47.5 Å². The molecule has 1 aromatic carbocycles. The van der Waals surface area contributed by atoms with Crippen molar-refractivity contribution in [2.75, 3.05) is 19.6 Å². The van der Waals surface area contributed by atoms with Crippen LogP contribution in [0.1, 0.15) is 18.6 Å². The van der Waals surface area contributed by atoms with Crippen LogP contribution in [0.25, 0.3) is 0 Å². The van der Waals surface area contributed by atoms with Crippen LogP contribution < -0.4 is 10.6 Å². The summed E-state index contributed by atoms with van der Waals surface area (Å²) in [6, 6.07) is 7.11. The summed E-state index contributed by atoms with van der Waals surface area (Å²) in [6.07, 6.45) is 1.11. The van der Waals surface area contributed by atoms with Gasteiger partial charge >= 0.3 is 0 Å². The number of nitrogens with one attached hydrogen (secondary N) is 2. The van der Waals surface area contributed by atoms with Crippen molar-refractivity contribution in [2.45, 2.75) is 13.0 Å². The molecule has 0 saturated heterocycles. The Morgan fingerprint density at radius 1 is 1.42 bits per heavy atom. The van der Waals surface area contributed by atoms with Crippen molar-refractivity contribution in [3.63, 3.8) is 0 Å². The summed E-state index contributed by atoms with van der Waals surface area (Å²) >= 11 is 5.80. The monoisotopic (exact) mass is 281 g/mol.